The summed E-state index contributed by atoms with van der Waals surface area (Å²) in [5.74, 6) is 0. The molecule has 0 radical (unpaired) electrons. The lowest BCUT2D eigenvalue weighted by molar-refractivity contribution is 0.0722. The maximum absolute atomic E-state index is 11.5. The quantitative estimate of drug-likeness (QED) is 0.538. The molecule has 0 aromatic heterocycles. The second kappa shape index (κ2) is 8.46. The Morgan fingerprint density at radius 1 is 1.13 bits per heavy atom. The van der Waals surface area contributed by atoms with E-state index in [2.05, 4.69) is 0 Å². The normalized spacial score (nSPS) is 10.1. The van der Waals surface area contributed by atoms with E-state index in [0.717, 1.165) is 0 Å². The highest BCUT2D eigenvalue weighted by Crippen LogP contribution is 1.94. The largest absolute Gasteiger partial charge is 0.395 e. The standard InChI is InChI=1S/C9H20N2O4/c1-10(2)9(14)11(3-5-12)4-7-15-8-6-13/h12-13H,3-8H2,1-2H3. The number of hydrogen-bond donors (Lipinski definition) is 2. The summed E-state index contributed by atoms with van der Waals surface area (Å²) < 4.78 is 5.05. The Bertz CT molecular complexity index is 175. The van der Waals surface area contributed by atoms with Crippen molar-refractivity contribution in [2.24, 2.45) is 0 Å². The molecule has 0 rings (SSSR count). The molecule has 0 spiro atoms. The first-order valence-corrected chi connectivity index (χ1v) is 4.89. The number of amides is 2. The minimum absolute atomic E-state index is 0.0262. The Kier molecular flexibility index (Phi) is 7.98. The molecule has 0 bridgehead atoms. The Morgan fingerprint density at radius 3 is 2.27 bits per heavy atom. The van der Waals surface area contributed by atoms with Crippen LogP contribution < -0.4 is 0 Å². The maximum atomic E-state index is 11.5. The smallest absolute Gasteiger partial charge is 0.319 e. The number of urea groups is 1. The second-order valence-corrected chi connectivity index (χ2v) is 3.22. The first-order valence-electron chi connectivity index (χ1n) is 4.89. The summed E-state index contributed by atoms with van der Waals surface area (Å²) in [4.78, 5) is 14.5. The summed E-state index contributed by atoms with van der Waals surface area (Å²) in [5.41, 5.74) is 0. The van der Waals surface area contributed by atoms with Gasteiger partial charge in [-0.1, -0.05) is 0 Å². The van der Waals surface area contributed by atoms with E-state index in [1.165, 1.54) is 9.80 Å². The predicted octanol–water partition coefficient (Wildman–Crippen LogP) is -1.03. The third-order valence-electron chi connectivity index (χ3n) is 1.76. The van der Waals surface area contributed by atoms with Gasteiger partial charge in [0.25, 0.3) is 0 Å². The topological polar surface area (TPSA) is 73.2 Å². The fraction of sp³-hybridized carbons (Fsp3) is 0.889. The molecule has 0 fully saturated rings. The van der Waals surface area contributed by atoms with Crippen LogP contribution in [0.1, 0.15) is 0 Å². The fourth-order valence-electron chi connectivity index (χ4n) is 1.05. The fourth-order valence-corrected chi connectivity index (χ4v) is 1.05. The predicted molar refractivity (Wildman–Crippen MR) is 55.6 cm³/mol. The Morgan fingerprint density at radius 2 is 1.80 bits per heavy atom. The summed E-state index contributed by atoms with van der Waals surface area (Å²) in [5, 5.41) is 17.3. The van der Waals surface area contributed by atoms with Gasteiger partial charge in [0, 0.05) is 27.2 Å². The van der Waals surface area contributed by atoms with Gasteiger partial charge in [-0.3, -0.25) is 0 Å². The van der Waals surface area contributed by atoms with E-state index >= 15 is 0 Å². The van der Waals surface area contributed by atoms with Gasteiger partial charge in [-0.15, -0.1) is 0 Å². The highest BCUT2D eigenvalue weighted by molar-refractivity contribution is 5.73. The zero-order valence-electron chi connectivity index (χ0n) is 9.35. The third kappa shape index (κ3) is 6.27. The molecule has 0 aliphatic rings. The average molecular weight is 220 g/mol. The number of hydrogen-bond acceptors (Lipinski definition) is 4. The van der Waals surface area contributed by atoms with Gasteiger partial charge in [-0.05, 0) is 0 Å². The van der Waals surface area contributed by atoms with Crippen molar-refractivity contribution in [3.8, 4) is 0 Å². The molecule has 0 aromatic carbocycles. The van der Waals surface area contributed by atoms with E-state index < -0.39 is 0 Å². The van der Waals surface area contributed by atoms with Crippen molar-refractivity contribution in [3.05, 3.63) is 0 Å². The van der Waals surface area contributed by atoms with Crippen LogP contribution in [0.15, 0.2) is 0 Å². The molecule has 0 aliphatic carbocycles. The first-order chi connectivity index (χ1) is 7.13. The lowest BCUT2D eigenvalue weighted by Crippen LogP contribution is -2.42. The molecule has 15 heavy (non-hydrogen) atoms. The Balaban J connectivity index is 3.87. The lowest BCUT2D eigenvalue weighted by Gasteiger charge is -2.25. The van der Waals surface area contributed by atoms with Gasteiger partial charge in [0.15, 0.2) is 0 Å². The van der Waals surface area contributed by atoms with Gasteiger partial charge in [0.2, 0.25) is 0 Å². The van der Waals surface area contributed by atoms with E-state index in [-0.39, 0.29) is 25.9 Å². The summed E-state index contributed by atoms with van der Waals surface area (Å²) in [6, 6.07) is -0.156. The first kappa shape index (κ1) is 14.2. The van der Waals surface area contributed by atoms with Gasteiger partial charge < -0.3 is 24.7 Å². The number of aliphatic hydroxyl groups excluding tert-OH is 2. The summed E-state index contributed by atoms with van der Waals surface area (Å²) >= 11 is 0. The molecule has 0 saturated heterocycles. The molecule has 2 N–H and O–H groups in total. The zero-order chi connectivity index (χ0) is 11.7. The van der Waals surface area contributed by atoms with Gasteiger partial charge in [-0.25, -0.2) is 4.79 Å². The number of carbonyl (C=O) groups is 1. The van der Waals surface area contributed by atoms with Gasteiger partial charge in [0.1, 0.15) is 0 Å². The molecule has 0 saturated carbocycles. The van der Waals surface area contributed by atoms with Crippen LogP contribution in [-0.4, -0.2) is 79.7 Å². The summed E-state index contributed by atoms with van der Waals surface area (Å²) in [6.07, 6.45) is 0. The number of rotatable bonds is 7. The number of carbonyl (C=O) groups excluding carboxylic acids is 1. The molecule has 2 amide bonds. The molecular formula is C9H20N2O4. The molecule has 0 heterocycles. The van der Waals surface area contributed by atoms with Crippen molar-refractivity contribution in [1.29, 1.82) is 0 Å². The van der Waals surface area contributed by atoms with Crippen molar-refractivity contribution in [2.75, 3.05) is 53.6 Å². The second-order valence-electron chi connectivity index (χ2n) is 3.22. The Labute approximate surface area is 90.0 Å². The van der Waals surface area contributed by atoms with Crippen molar-refractivity contribution in [3.63, 3.8) is 0 Å². The van der Waals surface area contributed by atoms with E-state index in [1.54, 1.807) is 14.1 Å². The van der Waals surface area contributed by atoms with Crippen LogP contribution >= 0.6 is 0 Å². The van der Waals surface area contributed by atoms with Crippen molar-refractivity contribution < 1.29 is 19.7 Å². The number of ether oxygens (including phenoxy) is 1. The minimum atomic E-state index is -0.156. The van der Waals surface area contributed by atoms with Crippen LogP contribution in [-0.2, 0) is 4.74 Å². The average Bonchev–Trinajstić information content (AvgIpc) is 2.21. The summed E-state index contributed by atoms with van der Waals surface area (Å²) in [6.45, 7) is 1.24. The Hall–Kier alpha value is -0.850. The lowest BCUT2D eigenvalue weighted by atomic mass is 10.5. The van der Waals surface area contributed by atoms with E-state index in [4.69, 9.17) is 14.9 Å². The van der Waals surface area contributed by atoms with Crippen LogP contribution in [0.25, 0.3) is 0 Å². The van der Waals surface area contributed by atoms with E-state index in [9.17, 15) is 4.79 Å². The van der Waals surface area contributed by atoms with Crippen molar-refractivity contribution >= 4 is 6.03 Å². The van der Waals surface area contributed by atoms with Crippen molar-refractivity contribution in [2.45, 2.75) is 0 Å². The van der Waals surface area contributed by atoms with Crippen LogP contribution in [0.4, 0.5) is 4.79 Å². The molecule has 0 atom stereocenters. The van der Waals surface area contributed by atoms with Crippen LogP contribution in [0.5, 0.6) is 0 Å². The molecule has 6 nitrogen and oxygen atoms in total. The highest BCUT2D eigenvalue weighted by Gasteiger charge is 2.13. The molecule has 0 unspecified atom stereocenters. The zero-order valence-corrected chi connectivity index (χ0v) is 9.35. The highest BCUT2D eigenvalue weighted by atomic mass is 16.5. The van der Waals surface area contributed by atoms with E-state index in [0.29, 0.717) is 19.7 Å². The molecule has 0 aromatic rings. The summed E-state index contributed by atoms with van der Waals surface area (Å²) in [7, 11) is 3.31. The monoisotopic (exact) mass is 220 g/mol. The SMILES string of the molecule is CN(C)C(=O)N(CCO)CCOCCO. The molecule has 6 heteroatoms. The van der Waals surface area contributed by atoms with Crippen LogP contribution in [0.3, 0.4) is 0 Å². The number of nitrogens with zero attached hydrogens (tertiary/aromatic N) is 2. The van der Waals surface area contributed by atoms with E-state index in [1.807, 2.05) is 0 Å². The van der Waals surface area contributed by atoms with Crippen LogP contribution in [0, 0.1) is 0 Å². The number of aliphatic hydroxyl groups is 2. The van der Waals surface area contributed by atoms with Crippen LogP contribution in [0.2, 0.25) is 0 Å². The molecular weight excluding hydrogens is 200 g/mol. The maximum Gasteiger partial charge on any atom is 0.319 e. The molecule has 0 aliphatic heterocycles. The minimum Gasteiger partial charge on any atom is -0.395 e. The molecule has 90 valence electrons. The van der Waals surface area contributed by atoms with Gasteiger partial charge in [0.05, 0.1) is 26.4 Å². The third-order valence-corrected chi connectivity index (χ3v) is 1.76. The van der Waals surface area contributed by atoms with Gasteiger partial charge in [-0.2, -0.15) is 0 Å². The van der Waals surface area contributed by atoms with Gasteiger partial charge >= 0.3 is 6.03 Å². The van der Waals surface area contributed by atoms with Crippen molar-refractivity contribution in [1.82, 2.24) is 9.80 Å².